The van der Waals surface area contributed by atoms with Crippen molar-refractivity contribution < 1.29 is 4.74 Å². The van der Waals surface area contributed by atoms with Crippen molar-refractivity contribution in [2.75, 3.05) is 6.61 Å². The smallest absolute Gasteiger partial charge is 0.138 e. The van der Waals surface area contributed by atoms with E-state index in [0.717, 1.165) is 16.5 Å². The van der Waals surface area contributed by atoms with Gasteiger partial charge >= 0.3 is 0 Å². The van der Waals surface area contributed by atoms with Crippen molar-refractivity contribution in [3.8, 4) is 5.75 Å². The van der Waals surface area contributed by atoms with Crippen molar-refractivity contribution in [2.24, 2.45) is 5.73 Å². The second-order valence-electron chi connectivity index (χ2n) is 3.75. The lowest BCUT2D eigenvalue weighted by Crippen LogP contribution is -2.17. The van der Waals surface area contributed by atoms with Gasteiger partial charge < -0.3 is 10.5 Å². The lowest BCUT2D eigenvalue weighted by molar-refractivity contribution is 0.361. The molecule has 88 valence electrons. The molecule has 1 aromatic rings. The van der Waals surface area contributed by atoms with Gasteiger partial charge in [0, 0.05) is 10.5 Å². The summed E-state index contributed by atoms with van der Waals surface area (Å²) in [4.78, 5) is 0. The molecule has 0 spiro atoms. The van der Waals surface area contributed by atoms with Crippen LogP contribution in [0.15, 0.2) is 29.3 Å². The summed E-state index contributed by atoms with van der Waals surface area (Å²) in [6.07, 6.45) is 0.811. The van der Waals surface area contributed by atoms with Crippen LogP contribution >= 0.6 is 27.5 Å². The van der Waals surface area contributed by atoms with E-state index in [2.05, 4.69) is 22.5 Å². The zero-order valence-electron chi connectivity index (χ0n) is 9.17. The van der Waals surface area contributed by atoms with Crippen molar-refractivity contribution in [2.45, 2.75) is 19.4 Å². The minimum Gasteiger partial charge on any atom is -0.487 e. The SMILES string of the molecule is C=C(Br)COc1ccc(CC(C)N)cc1Cl. The van der Waals surface area contributed by atoms with Crippen LogP contribution < -0.4 is 10.5 Å². The Morgan fingerprint density at radius 3 is 2.81 bits per heavy atom. The summed E-state index contributed by atoms with van der Waals surface area (Å²) in [5, 5.41) is 0.604. The lowest BCUT2D eigenvalue weighted by atomic mass is 10.1. The number of benzene rings is 1. The first kappa shape index (κ1) is 13.6. The molecule has 0 aliphatic rings. The zero-order chi connectivity index (χ0) is 12.1. The van der Waals surface area contributed by atoms with Crippen LogP contribution in [-0.4, -0.2) is 12.6 Å². The van der Waals surface area contributed by atoms with Gasteiger partial charge in [-0.2, -0.15) is 0 Å². The lowest BCUT2D eigenvalue weighted by Gasteiger charge is -2.10. The fraction of sp³-hybridized carbons (Fsp3) is 0.333. The number of hydrogen-bond acceptors (Lipinski definition) is 2. The quantitative estimate of drug-likeness (QED) is 0.903. The van der Waals surface area contributed by atoms with E-state index in [4.69, 9.17) is 22.1 Å². The van der Waals surface area contributed by atoms with Crippen LogP contribution in [0.3, 0.4) is 0 Å². The van der Waals surface area contributed by atoms with Gasteiger partial charge in [0.2, 0.25) is 0 Å². The summed E-state index contributed by atoms with van der Waals surface area (Å²) in [5.41, 5.74) is 6.83. The predicted molar refractivity (Wildman–Crippen MR) is 72.4 cm³/mol. The van der Waals surface area contributed by atoms with E-state index in [0.29, 0.717) is 17.4 Å². The minimum atomic E-state index is 0.130. The Morgan fingerprint density at radius 2 is 2.31 bits per heavy atom. The van der Waals surface area contributed by atoms with Crippen molar-refractivity contribution in [3.63, 3.8) is 0 Å². The van der Waals surface area contributed by atoms with E-state index < -0.39 is 0 Å². The fourth-order valence-electron chi connectivity index (χ4n) is 1.32. The molecule has 2 N–H and O–H groups in total. The van der Waals surface area contributed by atoms with Crippen LogP contribution in [0.25, 0.3) is 0 Å². The van der Waals surface area contributed by atoms with Crippen LogP contribution in [0.2, 0.25) is 5.02 Å². The molecule has 0 aromatic heterocycles. The molecule has 4 heteroatoms. The number of ether oxygens (including phenoxy) is 1. The van der Waals surface area contributed by atoms with E-state index in [1.807, 2.05) is 25.1 Å². The summed E-state index contributed by atoms with van der Waals surface area (Å²) in [6.45, 7) is 6.06. The Kier molecular flexibility index (Phi) is 5.32. The molecular weight excluding hydrogens is 289 g/mol. The van der Waals surface area contributed by atoms with Gasteiger partial charge in [-0.1, -0.05) is 40.2 Å². The van der Waals surface area contributed by atoms with Crippen LogP contribution in [0.4, 0.5) is 0 Å². The molecule has 2 nitrogen and oxygen atoms in total. The topological polar surface area (TPSA) is 35.2 Å². The molecule has 0 heterocycles. The first-order chi connectivity index (χ1) is 7.49. The predicted octanol–water partition coefficient (Wildman–Crippen LogP) is 3.52. The summed E-state index contributed by atoms with van der Waals surface area (Å²) in [6, 6.07) is 5.85. The van der Waals surface area contributed by atoms with E-state index in [1.54, 1.807) is 0 Å². The van der Waals surface area contributed by atoms with Crippen molar-refractivity contribution in [1.82, 2.24) is 0 Å². The third-order valence-corrected chi connectivity index (χ3v) is 2.46. The van der Waals surface area contributed by atoms with Crippen LogP contribution in [0.5, 0.6) is 5.75 Å². The normalized spacial score (nSPS) is 12.2. The molecule has 0 bridgehead atoms. The fourth-order valence-corrected chi connectivity index (χ4v) is 1.69. The summed E-state index contributed by atoms with van der Waals surface area (Å²) >= 11 is 9.31. The molecule has 0 saturated carbocycles. The van der Waals surface area contributed by atoms with E-state index in [-0.39, 0.29) is 6.04 Å². The van der Waals surface area contributed by atoms with E-state index >= 15 is 0 Å². The molecule has 0 aliphatic heterocycles. The number of hydrogen-bond donors (Lipinski definition) is 1. The maximum absolute atomic E-state index is 6.09. The average Bonchev–Trinajstić information content (AvgIpc) is 2.15. The van der Waals surface area contributed by atoms with Crippen molar-refractivity contribution >= 4 is 27.5 Å². The molecule has 0 fully saturated rings. The largest absolute Gasteiger partial charge is 0.487 e. The second kappa shape index (κ2) is 6.28. The van der Waals surface area contributed by atoms with Gasteiger partial charge in [0.25, 0.3) is 0 Å². The number of rotatable bonds is 5. The Morgan fingerprint density at radius 1 is 1.62 bits per heavy atom. The highest BCUT2D eigenvalue weighted by molar-refractivity contribution is 9.11. The molecule has 1 rings (SSSR count). The van der Waals surface area contributed by atoms with Crippen LogP contribution in [0, 0.1) is 0 Å². The Bertz CT molecular complexity index is 379. The summed E-state index contributed by atoms with van der Waals surface area (Å²) in [7, 11) is 0. The maximum Gasteiger partial charge on any atom is 0.138 e. The highest BCUT2D eigenvalue weighted by atomic mass is 79.9. The van der Waals surface area contributed by atoms with Crippen molar-refractivity contribution in [3.05, 3.63) is 39.8 Å². The third kappa shape index (κ3) is 4.56. The number of nitrogens with two attached hydrogens (primary N) is 1. The first-order valence-electron chi connectivity index (χ1n) is 4.99. The number of halogens is 2. The molecule has 16 heavy (non-hydrogen) atoms. The average molecular weight is 305 g/mol. The van der Waals surface area contributed by atoms with Crippen LogP contribution in [-0.2, 0) is 6.42 Å². The Labute approximate surface area is 110 Å². The van der Waals surface area contributed by atoms with Gasteiger partial charge in [0.15, 0.2) is 0 Å². The molecular formula is C12H15BrClNO. The highest BCUT2D eigenvalue weighted by Gasteiger charge is 2.05. The van der Waals surface area contributed by atoms with Gasteiger partial charge in [-0.25, -0.2) is 0 Å². The zero-order valence-corrected chi connectivity index (χ0v) is 11.5. The molecule has 1 unspecified atom stereocenters. The molecule has 1 atom stereocenters. The highest BCUT2D eigenvalue weighted by Crippen LogP contribution is 2.26. The molecule has 0 radical (unpaired) electrons. The van der Waals surface area contributed by atoms with Crippen molar-refractivity contribution in [1.29, 1.82) is 0 Å². The Balaban J connectivity index is 2.71. The van der Waals surface area contributed by atoms with Gasteiger partial charge in [-0.3, -0.25) is 0 Å². The second-order valence-corrected chi connectivity index (χ2v) is 5.28. The van der Waals surface area contributed by atoms with E-state index in [1.165, 1.54) is 0 Å². The van der Waals surface area contributed by atoms with Gasteiger partial charge in [0.05, 0.1) is 5.02 Å². The summed E-state index contributed by atoms with van der Waals surface area (Å²) in [5.74, 6) is 0.663. The summed E-state index contributed by atoms with van der Waals surface area (Å²) < 4.78 is 6.23. The van der Waals surface area contributed by atoms with Crippen LogP contribution in [0.1, 0.15) is 12.5 Å². The van der Waals surface area contributed by atoms with Gasteiger partial charge in [0.1, 0.15) is 12.4 Å². The van der Waals surface area contributed by atoms with E-state index in [9.17, 15) is 0 Å². The molecule has 0 saturated heterocycles. The Hall–Kier alpha value is -0.510. The minimum absolute atomic E-state index is 0.130. The molecule has 1 aromatic carbocycles. The van der Waals surface area contributed by atoms with Gasteiger partial charge in [-0.15, -0.1) is 0 Å². The molecule has 0 aliphatic carbocycles. The monoisotopic (exact) mass is 303 g/mol. The first-order valence-corrected chi connectivity index (χ1v) is 6.16. The third-order valence-electron chi connectivity index (χ3n) is 1.94. The molecule has 0 amide bonds. The maximum atomic E-state index is 6.09. The van der Waals surface area contributed by atoms with Gasteiger partial charge in [-0.05, 0) is 31.0 Å². The standard InChI is InChI=1S/C12H15BrClNO/c1-8(13)7-16-12-4-3-10(5-9(2)15)6-11(12)14/h3-4,6,9H,1,5,7,15H2,2H3.